The van der Waals surface area contributed by atoms with Gasteiger partial charge in [0.2, 0.25) is 5.91 Å². The molecule has 2 aromatic carbocycles. The van der Waals surface area contributed by atoms with Crippen LogP contribution in [-0.4, -0.2) is 48.8 Å². The predicted octanol–water partition coefficient (Wildman–Crippen LogP) is 2.36. The summed E-state index contributed by atoms with van der Waals surface area (Å²) in [5, 5.41) is 0. The van der Waals surface area contributed by atoms with E-state index in [1.165, 1.54) is 9.80 Å². The average Bonchev–Trinajstić information content (AvgIpc) is 2.87. The zero-order valence-electron chi connectivity index (χ0n) is 15.3. The Morgan fingerprint density at radius 3 is 2.28 bits per heavy atom. The molecular weight excluding hydrogens is 402 g/mol. The quantitative estimate of drug-likeness (QED) is 0.748. The molecule has 1 spiro atoms. The number of nitrogens with zero attached hydrogens (tertiary/aromatic N) is 2. The van der Waals surface area contributed by atoms with Gasteiger partial charge in [0.1, 0.15) is 17.4 Å². The van der Waals surface area contributed by atoms with Crippen molar-refractivity contribution in [3.8, 4) is 0 Å². The highest BCUT2D eigenvalue weighted by Crippen LogP contribution is 2.42. The van der Waals surface area contributed by atoms with Crippen LogP contribution in [0.25, 0.3) is 0 Å². The van der Waals surface area contributed by atoms with Gasteiger partial charge < -0.3 is 4.90 Å². The molecule has 2 fully saturated rings. The maximum atomic E-state index is 14.0. The highest BCUT2D eigenvalue weighted by Gasteiger charge is 2.59. The first-order chi connectivity index (χ1) is 13.7. The van der Waals surface area contributed by atoms with Crippen molar-refractivity contribution in [2.45, 2.75) is 17.7 Å². The van der Waals surface area contributed by atoms with Crippen LogP contribution in [0.15, 0.2) is 48.5 Å². The molecule has 0 N–H and O–H groups in total. The number of amides is 2. The molecule has 2 amide bonds. The Morgan fingerprint density at radius 1 is 1.00 bits per heavy atom. The summed E-state index contributed by atoms with van der Waals surface area (Å²) < 4.78 is 52.9. The van der Waals surface area contributed by atoms with Crippen molar-refractivity contribution in [3.05, 3.63) is 65.7 Å². The first-order valence-electron chi connectivity index (χ1n) is 9.10. The monoisotopic (exact) mass is 420 g/mol. The van der Waals surface area contributed by atoms with Crippen LogP contribution in [0.3, 0.4) is 0 Å². The van der Waals surface area contributed by atoms with Crippen LogP contribution in [0, 0.1) is 11.6 Å². The lowest BCUT2D eigenvalue weighted by atomic mass is 10.00. The third kappa shape index (κ3) is 3.09. The second kappa shape index (κ2) is 6.91. The second-order valence-electron chi connectivity index (χ2n) is 7.19. The zero-order chi connectivity index (χ0) is 20.8. The van der Waals surface area contributed by atoms with Crippen molar-refractivity contribution in [2.75, 3.05) is 23.7 Å². The summed E-state index contributed by atoms with van der Waals surface area (Å²) in [7, 11) is -3.77. The molecule has 152 valence electrons. The van der Waals surface area contributed by atoms with E-state index in [0.717, 1.165) is 12.1 Å². The fourth-order valence-electron chi connectivity index (χ4n) is 4.11. The lowest BCUT2D eigenvalue weighted by molar-refractivity contribution is -0.116. The number of hydrogen-bond acceptors (Lipinski definition) is 4. The van der Waals surface area contributed by atoms with Crippen molar-refractivity contribution < 1.29 is 26.8 Å². The number of para-hydroxylation sites is 1. The first-order valence-corrected chi connectivity index (χ1v) is 10.8. The summed E-state index contributed by atoms with van der Waals surface area (Å²) in [5.74, 6) is -3.47. The van der Waals surface area contributed by atoms with Gasteiger partial charge >= 0.3 is 0 Å². The molecular formula is C20H18F2N2O4S. The number of sulfone groups is 1. The smallest absolute Gasteiger partial charge is 0.256 e. The topological polar surface area (TPSA) is 74.8 Å². The molecule has 6 nitrogen and oxygen atoms in total. The SMILES string of the molecule is O=C(c1ccc(F)cc1F)N1CCC2(CC1)N(c1ccccc1)C(=O)CS2(=O)=O. The number of carbonyl (C=O) groups excluding carboxylic acids is 2. The summed E-state index contributed by atoms with van der Waals surface area (Å²) in [4.78, 5) is 26.4. The van der Waals surface area contributed by atoms with Crippen molar-refractivity contribution in [3.63, 3.8) is 0 Å². The van der Waals surface area contributed by atoms with Crippen LogP contribution in [0.4, 0.5) is 14.5 Å². The van der Waals surface area contributed by atoms with Crippen molar-refractivity contribution >= 4 is 27.3 Å². The van der Waals surface area contributed by atoms with Crippen LogP contribution in [-0.2, 0) is 14.6 Å². The minimum atomic E-state index is -3.77. The minimum Gasteiger partial charge on any atom is -0.338 e. The second-order valence-corrected chi connectivity index (χ2v) is 9.46. The molecule has 0 atom stereocenters. The van der Waals surface area contributed by atoms with Gasteiger partial charge in [-0.25, -0.2) is 17.2 Å². The molecule has 2 saturated heterocycles. The number of likely N-dealkylation sites (tertiary alicyclic amines) is 1. The van der Waals surface area contributed by atoms with Crippen molar-refractivity contribution in [1.82, 2.24) is 4.90 Å². The molecule has 4 rings (SSSR count). The summed E-state index contributed by atoms with van der Waals surface area (Å²) >= 11 is 0. The fraction of sp³-hybridized carbons (Fsp3) is 0.300. The van der Waals surface area contributed by atoms with Gasteiger partial charge in [-0.15, -0.1) is 0 Å². The Morgan fingerprint density at radius 2 is 1.66 bits per heavy atom. The molecule has 0 aliphatic carbocycles. The molecule has 2 aromatic rings. The summed E-state index contributed by atoms with van der Waals surface area (Å²) in [6, 6.07) is 11.3. The van der Waals surface area contributed by atoms with E-state index in [0.29, 0.717) is 11.8 Å². The number of anilines is 1. The zero-order valence-corrected chi connectivity index (χ0v) is 16.2. The van der Waals surface area contributed by atoms with E-state index in [2.05, 4.69) is 0 Å². The summed E-state index contributed by atoms with van der Waals surface area (Å²) in [6.07, 6.45) is 0.0367. The molecule has 2 aliphatic rings. The molecule has 0 saturated carbocycles. The van der Waals surface area contributed by atoms with Gasteiger partial charge in [0.05, 0.1) is 5.56 Å². The van der Waals surface area contributed by atoms with Crippen molar-refractivity contribution in [1.29, 1.82) is 0 Å². The predicted molar refractivity (Wildman–Crippen MR) is 102 cm³/mol. The number of hydrogen-bond donors (Lipinski definition) is 0. The fourth-order valence-corrected chi connectivity index (χ4v) is 6.12. The number of carbonyl (C=O) groups is 2. The lowest BCUT2D eigenvalue weighted by Crippen LogP contribution is -2.57. The third-order valence-electron chi connectivity index (χ3n) is 5.56. The standard InChI is InChI=1S/C20H18F2N2O4S/c21-14-6-7-16(17(22)12-14)19(26)23-10-8-20(9-11-23)24(15-4-2-1-3-5-15)18(25)13-29(20,27)28/h1-7,12H,8-11,13H2. The van der Waals surface area contributed by atoms with Gasteiger partial charge in [-0.05, 0) is 24.3 Å². The van der Waals surface area contributed by atoms with E-state index in [9.17, 15) is 26.8 Å². The third-order valence-corrected chi connectivity index (χ3v) is 7.93. The lowest BCUT2D eigenvalue weighted by Gasteiger charge is -2.43. The molecule has 0 radical (unpaired) electrons. The molecule has 2 heterocycles. The van der Waals surface area contributed by atoms with Crippen LogP contribution in [0.2, 0.25) is 0 Å². The van der Waals surface area contributed by atoms with Gasteiger partial charge in [0.15, 0.2) is 14.7 Å². The van der Waals surface area contributed by atoms with Gasteiger partial charge in [0, 0.05) is 37.7 Å². The van der Waals surface area contributed by atoms with Gasteiger partial charge in [-0.2, -0.15) is 0 Å². The molecule has 9 heteroatoms. The maximum absolute atomic E-state index is 14.0. The largest absolute Gasteiger partial charge is 0.338 e. The van der Waals surface area contributed by atoms with Crippen LogP contribution in [0.5, 0.6) is 0 Å². The van der Waals surface area contributed by atoms with E-state index in [-0.39, 0.29) is 31.5 Å². The number of rotatable bonds is 2. The van der Waals surface area contributed by atoms with E-state index >= 15 is 0 Å². The van der Waals surface area contributed by atoms with E-state index in [4.69, 9.17) is 0 Å². The van der Waals surface area contributed by atoms with Crippen LogP contribution in [0.1, 0.15) is 23.2 Å². The summed E-state index contributed by atoms with van der Waals surface area (Å²) in [6.45, 7) is 0.0665. The van der Waals surface area contributed by atoms with Gasteiger partial charge in [-0.1, -0.05) is 18.2 Å². The number of halogens is 2. The Labute approximate surface area is 166 Å². The van der Waals surface area contributed by atoms with Crippen molar-refractivity contribution in [2.24, 2.45) is 0 Å². The molecule has 0 aromatic heterocycles. The molecule has 0 unspecified atom stereocenters. The first kappa shape index (κ1) is 19.5. The van der Waals surface area contributed by atoms with E-state index < -0.39 is 43.9 Å². The molecule has 29 heavy (non-hydrogen) atoms. The maximum Gasteiger partial charge on any atom is 0.256 e. The van der Waals surface area contributed by atoms with Gasteiger partial charge in [-0.3, -0.25) is 14.5 Å². The van der Waals surface area contributed by atoms with Gasteiger partial charge in [0.25, 0.3) is 5.91 Å². The minimum absolute atomic E-state index is 0.0184. The molecule has 0 bridgehead atoms. The number of piperidine rings is 1. The highest BCUT2D eigenvalue weighted by molar-refractivity contribution is 7.94. The van der Waals surface area contributed by atoms with Crippen LogP contribution >= 0.6 is 0 Å². The Balaban J connectivity index is 1.62. The van der Waals surface area contributed by atoms with E-state index in [1.54, 1.807) is 30.3 Å². The number of benzene rings is 2. The Bertz CT molecular complexity index is 1080. The van der Waals surface area contributed by atoms with Crippen LogP contribution < -0.4 is 4.90 Å². The summed E-state index contributed by atoms with van der Waals surface area (Å²) in [5.41, 5.74) is 0.218. The average molecular weight is 420 g/mol. The highest BCUT2D eigenvalue weighted by atomic mass is 32.2. The Kier molecular flexibility index (Phi) is 4.65. The normalized spacial score (nSPS) is 20.3. The van der Waals surface area contributed by atoms with E-state index in [1.807, 2.05) is 0 Å². The molecule has 2 aliphatic heterocycles. The Hall–Kier alpha value is -2.81.